The molecule has 0 amide bonds. The molecule has 0 saturated heterocycles. The van der Waals surface area contributed by atoms with Crippen LogP contribution in [0.5, 0.6) is 0 Å². The minimum atomic E-state index is -2.86. The summed E-state index contributed by atoms with van der Waals surface area (Å²) in [6, 6.07) is 20.1. The van der Waals surface area contributed by atoms with E-state index in [-0.39, 0.29) is 11.3 Å². The number of benzene rings is 2. The fourth-order valence-corrected chi connectivity index (χ4v) is 12.6. The molecule has 2 atom stereocenters. The van der Waals surface area contributed by atoms with Gasteiger partial charge in [-0.3, -0.25) is 0 Å². The predicted molar refractivity (Wildman–Crippen MR) is 149 cm³/mol. The summed E-state index contributed by atoms with van der Waals surface area (Å²) in [5.74, 6) is 0. The molecule has 0 aromatic heterocycles. The average Bonchev–Trinajstić information content (AvgIpc) is 2.85. The third-order valence-electron chi connectivity index (χ3n) is 7.23. The fraction of sp³-hybridized carbons (Fsp3) is 0.586. The van der Waals surface area contributed by atoms with Crippen LogP contribution in [0.25, 0.3) is 0 Å². The van der Waals surface area contributed by atoms with Crippen molar-refractivity contribution >= 4 is 24.9 Å². The first-order chi connectivity index (χ1) is 16.0. The molecule has 2 aromatic rings. The molecule has 0 aliphatic carbocycles. The molecule has 0 saturated carbocycles. The summed E-state index contributed by atoms with van der Waals surface area (Å²) in [7, 11) is -5.18. The lowest BCUT2D eigenvalue weighted by Crippen LogP contribution is -2.29. The first-order valence-electron chi connectivity index (χ1n) is 13.2. The Morgan fingerprint density at radius 2 is 1.03 bits per heavy atom. The smallest absolute Gasteiger partial charge is 0.146 e. The van der Waals surface area contributed by atoms with E-state index in [0.29, 0.717) is 0 Å². The van der Waals surface area contributed by atoms with Gasteiger partial charge in [0.05, 0.1) is 7.14 Å². The Bertz CT molecular complexity index is 822. The van der Waals surface area contributed by atoms with Gasteiger partial charge in [-0.25, -0.2) is 0 Å². The van der Waals surface area contributed by atoms with Gasteiger partial charge in [0.15, 0.2) is 0 Å². The van der Waals surface area contributed by atoms with Crippen molar-refractivity contribution < 1.29 is 9.13 Å². The first kappa shape index (κ1) is 28.1. The van der Waals surface area contributed by atoms with Crippen molar-refractivity contribution in [1.29, 1.82) is 0 Å². The second kappa shape index (κ2) is 14.3. The summed E-state index contributed by atoms with van der Waals surface area (Å²) < 4.78 is 29.4. The lowest BCUT2D eigenvalue weighted by molar-refractivity contribution is 0.533. The molecule has 0 aliphatic rings. The highest BCUT2D eigenvalue weighted by Crippen LogP contribution is 2.59. The van der Waals surface area contributed by atoms with E-state index in [4.69, 9.17) is 0 Å². The highest BCUT2D eigenvalue weighted by atomic mass is 31.2. The molecule has 4 heteroatoms. The van der Waals surface area contributed by atoms with Crippen LogP contribution in [0.2, 0.25) is 0 Å². The van der Waals surface area contributed by atoms with E-state index in [1.807, 2.05) is 60.7 Å². The van der Waals surface area contributed by atoms with Gasteiger partial charge >= 0.3 is 0 Å². The maximum Gasteiger partial charge on any atom is 0.146 e. The lowest BCUT2D eigenvalue weighted by Gasteiger charge is -2.34. The van der Waals surface area contributed by atoms with Gasteiger partial charge in [0.25, 0.3) is 0 Å². The van der Waals surface area contributed by atoms with E-state index < -0.39 is 14.3 Å². The SMILES string of the molecule is CCCCCP(=O)(CCCCC)C(CC)CC(CC)P(=O)(c1ccccc1)c1ccccc1. The zero-order valence-corrected chi connectivity index (χ0v) is 23.2. The van der Waals surface area contributed by atoms with Crippen LogP contribution < -0.4 is 10.6 Å². The molecule has 0 bridgehead atoms. The van der Waals surface area contributed by atoms with Gasteiger partial charge in [0.2, 0.25) is 0 Å². The van der Waals surface area contributed by atoms with Crippen molar-refractivity contribution in [2.75, 3.05) is 12.3 Å². The third-order valence-corrected chi connectivity index (χ3v) is 15.0. The highest BCUT2D eigenvalue weighted by Gasteiger charge is 2.40. The molecule has 2 unspecified atom stereocenters. The Labute approximate surface area is 203 Å². The van der Waals surface area contributed by atoms with Crippen LogP contribution in [0, 0.1) is 0 Å². The zero-order chi connectivity index (χ0) is 24.2. The second-order valence-corrected chi connectivity index (χ2v) is 16.1. The molecule has 2 rings (SSSR count). The van der Waals surface area contributed by atoms with Crippen LogP contribution in [0.4, 0.5) is 0 Å². The molecule has 2 aromatic carbocycles. The van der Waals surface area contributed by atoms with Crippen LogP contribution in [-0.4, -0.2) is 23.6 Å². The van der Waals surface area contributed by atoms with Crippen molar-refractivity contribution in [3.63, 3.8) is 0 Å². The third kappa shape index (κ3) is 7.44. The minimum absolute atomic E-state index is 0.0120. The first-order valence-corrected chi connectivity index (χ1v) is 17.2. The topological polar surface area (TPSA) is 34.1 Å². The summed E-state index contributed by atoms with van der Waals surface area (Å²) in [6.45, 7) is 8.78. The van der Waals surface area contributed by atoms with Crippen molar-refractivity contribution in [2.24, 2.45) is 0 Å². The maximum absolute atomic E-state index is 15.0. The van der Waals surface area contributed by atoms with Crippen molar-refractivity contribution in [1.82, 2.24) is 0 Å². The Balaban J connectivity index is 2.43. The monoisotopic (exact) mass is 488 g/mol. The van der Waals surface area contributed by atoms with Crippen molar-refractivity contribution in [3.8, 4) is 0 Å². The van der Waals surface area contributed by atoms with E-state index >= 15 is 0 Å². The minimum Gasteiger partial charge on any atom is -0.323 e. The van der Waals surface area contributed by atoms with E-state index in [0.717, 1.165) is 80.7 Å². The molecule has 0 aliphatic heterocycles. The lowest BCUT2D eigenvalue weighted by atomic mass is 10.1. The van der Waals surface area contributed by atoms with Crippen LogP contribution in [0.3, 0.4) is 0 Å². The standard InChI is InChI=1S/C29H46O2P2/c1-5-9-17-23-32(30,24-18-10-6-2)26(7-3)25-27(8-4)33(31,28-19-13-11-14-20-28)29-21-15-12-16-22-29/h11-16,19-22,26-27H,5-10,17-18,23-25H2,1-4H3. The van der Waals surface area contributed by atoms with Crippen molar-refractivity contribution in [3.05, 3.63) is 60.7 Å². The van der Waals surface area contributed by atoms with Gasteiger partial charge < -0.3 is 9.13 Å². The Morgan fingerprint density at radius 3 is 1.39 bits per heavy atom. The molecule has 184 valence electrons. The normalized spacial score (nSPS) is 14.2. The summed E-state index contributed by atoms with van der Waals surface area (Å²) in [5, 5.41) is 1.87. The molecule has 0 N–H and O–H groups in total. The highest BCUT2D eigenvalue weighted by molar-refractivity contribution is 7.79. The van der Waals surface area contributed by atoms with Crippen LogP contribution >= 0.6 is 14.3 Å². The predicted octanol–water partition coefficient (Wildman–Crippen LogP) is 8.69. The summed E-state index contributed by atoms with van der Waals surface area (Å²) in [4.78, 5) is 0. The number of hydrogen-bond donors (Lipinski definition) is 0. The summed E-state index contributed by atoms with van der Waals surface area (Å²) in [6.07, 6.45) is 11.0. The van der Waals surface area contributed by atoms with Gasteiger partial charge in [-0.05, 0) is 32.1 Å². The molecule has 33 heavy (non-hydrogen) atoms. The number of hydrogen-bond acceptors (Lipinski definition) is 2. The molecular formula is C29H46O2P2. The fourth-order valence-electron chi connectivity index (χ4n) is 5.18. The Kier molecular flexibility index (Phi) is 12.2. The van der Waals surface area contributed by atoms with Crippen molar-refractivity contribution in [2.45, 2.75) is 96.8 Å². The quantitative estimate of drug-likeness (QED) is 0.175. The maximum atomic E-state index is 15.0. The second-order valence-electron chi connectivity index (χ2n) is 9.50. The summed E-state index contributed by atoms with van der Waals surface area (Å²) in [5.41, 5.74) is 0.176. The average molecular weight is 489 g/mol. The number of unbranched alkanes of at least 4 members (excludes halogenated alkanes) is 4. The zero-order valence-electron chi connectivity index (χ0n) is 21.4. The van der Waals surface area contributed by atoms with E-state index in [1.54, 1.807) is 0 Å². The van der Waals surface area contributed by atoms with Gasteiger partial charge in [0.1, 0.15) is 7.14 Å². The molecule has 0 radical (unpaired) electrons. The van der Waals surface area contributed by atoms with E-state index in [2.05, 4.69) is 27.7 Å². The summed E-state index contributed by atoms with van der Waals surface area (Å²) >= 11 is 0. The van der Waals surface area contributed by atoms with Crippen LogP contribution in [0.15, 0.2) is 60.7 Å². The van der Waals surface area contributed by atoms with E-state index in [9.17, 15) is 9.13 Å². The van der Waals surface area contributed by atoms with Gasteiger partial charge in [-0.15, -0.1) is 0 Å². The molecular weight excluding hydrogens is 442 g/mol. The van der Waals surface area contributed by atoms with Crippen LogP contribution in [0.1, 0.15) is 85.5 Å². The molecule has 0 fully saturated rings. The molecule has 0 heterocycles. The van der Waals surface area contributed by atoms with Gasteiger partial charge in [-0.2, -0.15) is 0 Å². The van der Waals surface area contributed by atoms with Gasteiger partial charge in [0, 0.05) is 34.3 Å². The van der Waals surface area contributed by atoms with Crippen LogP contribution in [-0.2, 0) is 9.13 Å². The largest absolute Gasteiger partial charge is 0.323 e. The number of rotatable bonds is 16. The van der Waals surface area contributed by atoms with Gasteiger partial charge in [-0.1, -0.05) is 114 Å². The molecule has 0 spiro atoms. The Morgan fingerprint density at radius 1 is 0.606 bits per heavy atom. The van der Waals surface area contributed by atoms with E-state index in [1.165, 1.54) is 0 Å². The molecule has 2 nitrogen and oxygen atoms in total. The Hall–Kier alpha value is -1.10.